The molecule has 0 aromatic heterocycles. The summed E-state index contributed by atoms with van der Waals surface area (Å²) in [6, 6.07) is 39.7. The van der Waals surface area contributed by atoms with E-state index in [-0.39, 0.29) is 24.6 Å². The van der Waals surface area contributed by atoms with Gasteiger partial charge in [0.05, 0.1) is 34.2 Å². The van der Waals surface area contributed by atoms with Crippen LogP contribution in [0, 0.1) is 104 Å². The van der Waals surface area contributed by atoms with Crippen LogP contribution in [0.5, 0.6) is 0 Å². The first-order valence-corrected chi connectivity index (χ1v) is 30.7. The van der Waals surface area contributed by atoms with E-state index in [9.17, 15) is 35.9 Å². The number of carbonyl (C=O) groups is 2. The van der Waals surface area contributed by atoms with Crippen molar-refractivity contribution in [2.75, 3.05) is 12.5 Å². The van der Waals surface area contributed by atoms with E-state index in [1.165, 1.54) is 58.0 Å². The molecule has 4 nitrogen and oxygen atoms in total. The van der Waals surface area contributed by atoms with Crippen molar-refractivity contribution >= 4 is 93.1 Å². The zero-order valence-corrected chi connectivity index (χ0v) is 58.6. The number of rotatable bonds is 5. The number of hydrogen-bond donors (Lipinski definition) is 0. The second-order valence-electron chi connectivity index (χ2n) is 21.2. The monoisotopic (exact) mass is 1370 g/mol. The van der Waals surface area contributed by atoms with Crippen LogP contribution in [-0.4, -0.2) is 30.5 Å². The summed E-state index contributed by atoms with van der Waals surface area (Å²) in [6.07, 6.45) is -8.60. The molecule has 482 valence electrons. The second-order valence-corrected chi connectivity index (χ2v) is 24.1. The van der Waals surface area contributed by atoms with Crippen LogP contribution in [0.4, 0.5) is 26.3 Å². The third-order valence-electron chi connectivity index (χ3n) is 13.0. The Morgan fingerprint density at radius 3 is 1.03 bits per heavy atom. The summed E-state index contributed by atoms with van der Waals surface area (Å²) < 4.78 is 82.4. The molecule has 89 heavy (non-hydrogen) atoms. The fourth-order valence-corrected chi connectivity index (χ4v) is 8.06. The smallest absolute Gasteiger partial charge is 0.416 e. The van der Waals surface area contributed by atoms with Gasteiger partial charge in [0.2, 0.25) is 0 Å². The lowest BCUT2D eigenvalue weighted by Gasteiger charge is -2.08. The van der Waals surface area contributed by atoms with Gasteiger partial charge in [0.15, 0.2) is 0 Å². The minimum atomic E-state index is -4.28. The van der Waals surface area contributed by atoms with Crippen molar-refractivity contribution in [3.05, 3.63) is 275 Å². The Balaban J connectivity index is 0.000000512. The Morgan fingerprint density at radius 1 is 0.360 bits per heavy atom. The first-order valence-electron chi connectivity index (χ1n) is 27.9. The topological polar surface area (TPSA) is 52.6 Å². The Hall–Kier alpha value is -5.69. The van der Waals surface area contributed by atoms with E-state index in [2.05, 4.69) is 77.9 Å². The van der Waals surface area contributed by atoms with Gasteiger partial charge >= 0.3 is 24.3 Å². The summed E-state index contributed by atoms with van der Waals surface area (Å²) in [6.45, 7) is 33.3. The molecule has 8 aromatic carbocycles. The predicted molar refractivity (Wildman–Crippen MR) is 364 cm³/mol. The SMILES string of the molecule is Cc1cc(C(=O)OC(C)C)ccc1Cl.Cc1cc(C(F)(F)F)ccc1Cl.Cc1cc(C)c(C)cc1C.Cc1cc(Cl)c(C)cc1Cl.Cc1cc(Cl)ccc1Cl.Cc1ccc(C(=O)OCCCl)cc1C.Cc1ccc(C(F)(F)F)cc1C.Cc1ccc(C)cc1. The number of carbonyl (C=O) groups excluding carboxylic acids is 2. The van der Waals surface area contributed by atoms with Gasteiger partial charge in [-0.1, -0.05) is 129 Å². The highest BCUT2D eigenvalue weighted by atomic mass is 35.5. The van der Waals surface area contributed by atoms with Crippen LogP contribution >= 0.6 is 81.2 Å². The van der Waals surface area contributed by atoms with Gasteiger partial charge < -0.3 is 9.47 Å². The quantitative estimate of drug-likeness (QED) is 0.0979. The molecule has 0 aliphatic rings. The first kappa shape index (κ1) is 81.3. The molecule has 0 bridgehead atoms. The number of ether oxygens (including phenoxy) is 2. The molecule has 17 heteroatoms. The lowest BCUT2D eigenvalue weighted by atomic mass is 10.0. The summed E-state index contributed by atoms with van der Waals surface area (Å²) in [5, 5.41) is 4.06. The normalized spacial score (nSPS) is 10.4. The molecule has 0 aliphatic heterocycles. The summed E-state index contributed by atoms with van der Waals surface area (Å²) in [4.78, 5) is 22.8. The maximum absolute atomic E-state index is 12.1. The predicted octanol–water partition coefficient (Wildman–Crippen LogP) is 25.0. The van der Waals surface area contributed by atoms with Crippen LogP contribution < -0.4 is 0 Å². The zero-order chi connectivity index (χ0) is 68.3. The average Bonchev–Trinajstić information content (AvgIpc) is 3.52. The van der Waals surface area contributed by atoms with Crippen molar-refractivity contribution in [2.45, 2.75) is 136 Å². The van der Waals surface area contributed by atoms with Crippen LogP contribution in [0.2, 0.25) is 30.1 Å². The van der Waals surface area contributed by atoms with Gasteiger partial charge in [0.1, 0.15) is 6.61 Å². The Kier molecular flexibility index (Phi) is 36.1. The Morgan fingerprint density at radius 2 is 0.674 bits per heavy atom. The second kappa shape index (κ2) is 39.5. The summed E-state index contributed by atoms with van der Waals surface area (Å²) in [5.41, 5.74) is 16.3. The van der Waals surface area contributed by atoms with Crippen LogP contribution in [0.25, 0.3) is 0 Å². The number of aryl methyl sites for hydroxylation is 15. The Bertz CT molecular complexity index is 3310. The average molecular weight is 1370 g/mol. The lowest BCUT2D eigenvalue weighted by molar-refractivity contribution is -0.138. The molecular weight excluding hydrogens is 1290 g/mol. The number of halogens is 13. The van der Waals surface area contributed by atoms with E-state index in [1.54, 1.807) is 50.2 Å². The van der Waals surface area contributed by atoms with E-state index in [1.807, 2.05) is 85.7 Å². The molecule has 0 atom stereocenters. The number of esters is 2. The highest BCUT2D eigenvalue weighted by Crippen LogP contribution is 2.32. The van der Waals surface area contributed by atoms with Crippen LogP contribution in [0.1, 0.15) is 129 Å². The maximum atomic E-state index is 12.1. The lowest BCUT2D eigenvalue weighted by Crippen LogP contribution is -2.11. The third kappa shape index (κ3) is 31.7. The minimum absolute atomic E-state index is 0.0986. The van der Waals surface area contributed by atoms with Crippen molar-refractivity contribution < 1.29 is 45.4 Å². The largest absolute Gasteiger partial charge is 0.461 e. The summed E-state index contributed by atoms with van der Waals surface area (Å²) in [7, 11) is 0. The maximum Gasteiger partial charge on any atom is 0.416 e. The van der Waals surface area contributed by atoms with Crippen molar-refractivity contribution in [1.82, 2.24) is 0 Å². The van der Waals surface area contributed by atoms with Gasteiger partial charge in [0.25, 0.3) is 0 Å². The van der Waals surface area contributed by atoms with Gasteiger partial charge in [-0.2, -0.15) is 26.3 Å². The van der Waals surface area contributed by atoms with Crippen LogP contribution in [-0.2, 0) is 21.8 Å². The number of alkyl halides is 7. The molecule has 8 rings (SSSR count). The molecule has 8 aromatic rings. The summed E-state index contributed by atoms with van der Waals surface area (Å²) in [5.74, 6) is -0.287. The molecule has 0 unspecified atom stereocenters. The van der Waals surface area contributed by atoms with Crippen molar-refractivity contribution in [2.24, 2.45) is 0 Å². The van der Waals surface area contributed by atoms with Crippen molar-refractivity contribution in [3.63, 3.8) is 0 Å². The van der Waals surface area contributed by atoms with Crippen molar-refractivity contribution in [3.8, 4) is 0 Å². The van der Waals surface area contributed by atoms with Gasteiger partial charge in [-0.15, -0.1) is 11.6 Å². The Labute approximate surface area is 558 Å². The fraction of sp³-hybridized carbons (Fsp3) is 0.306. The van der Waals surface area contributed by atoms with Gasteiger partial charge in [0, 0.05) is 30.1 Å². The van der Waals surface area contributed by atoms with Crippen molar-refractivity contribution in [1.29, 1.82) is 0 Å². The minimum Gasteiger partial charge on any atom is -0.461 e. The fourth-order valence-electron chi connectivity index (χ4n) is 6.97. The van der Waals surface area contributed by atoms with Crippen LogP contribution in [0.15, 0.2) is 140 Å². The van der Waals surface area contributed by atoms with Gasteiger partial charge in [-0.05, 0) is 281 Å². The molecule has 0 amide bonds. The zero-order valence-electron chi connectivity index (χ0n) is 53.3. The summed E-state index contributed by atoms with van der Waals surface area (Å²) >= 11 is 39.8. The number of hydrogen-bond acceptors (Lipinski definition) is 4. The number of benzene rings is 8. The first-order chi connectivity index (χ1) is 41.2. The molecular formula is C72H79Cl7F6O4. The molecule has 0 spiro atoms. The third-order valence-corrected chi connectivity index (χ3v) is 15.5. The van der Waals surface area contributed by atoms with E-state index in [0.29, 0.717) is 38.2 Å². The molecule has 0 heterocycles. The van der Waals surface area contributed by atoms with E-state index in [4.69, 9.17) is 90.7 Å². The van der Waals surface area contributed by atoms with Gasteiger partial charge in [-0.25, -0.2) is 9.59 Å². The molecule has 0 aliphatic carbocycles. The molecule has 0 saturated carbocycles. The highest BCUT2D eigenvalue weighted by Gasteiger charge is 2.31. The molecule has 0 radical (unpaired) electrons. The standard InChI is InChI=1S/2C11H13ClO2.C10H14.C9H9F3.C8H8Cl2.C8H6ClF3.C8H10.C7H6Cl2/c1-7(2)14-11(13)9-4-5-10(12)8(3)6-9;1-8-3-4-10(7-9(8)2)11(13)14-6-5-12;1-7-5-9(3)10(4)6-8(7)2;1-6-3-4-8(5-7(6)2)9(10,11)12;1-5-3-8(10)6(2)4-7(5)9;1-5-4-6(8(10,11)12)2-3-7(5)9;1-7-3-5-8(2)6-4-7;1-5-4-6(8)2-3-7(5)9/h4-7H,1-3H3;3-4,7H,5-6H2,1-2H3;5-6H,1-4H3;3-5H,1-2H3;3-4H,1-2H3;2-4H,1H3;3-6H,1-2H3;2-4H,1H3. The van der Waals surface area contributed by atoms with Gasteiger partial charge in [-0.3, -0.25) is 0 Å². The molecule has 0 N–H and O–H groups in total. The van der Waals surface area contributed by atoms with E-state index in [0.717, 1.165) is 77.7 Å². The van der Waals surface area contributed by atoms with E-state index < -0.39 is 23.5 Å². The van der Waals surface area contributed by atoms with E-state index >= 15 is 0 Å². The molecule has 0 fully saturated rings. The highest BCUT2D eigenvalue weighted by molar-refractivity contribution is 6.34. The van der Waals surface area contributed by atoms with Crippen LogP contribution in [0.3, 0.4) is 0 Å². The molecule has 0 saturated heterocycles.